The molecule has 0 radical (unpaired) electrons. The van der Waals surface area contributed by atoms with Crippen molar-refractivity contribution in [2.75, 3.05) is 0 Å². The summed E-state index contributed by atoms with van der Waals surface area (Å²) in [6.07, 6.45) is 5.50. The van der Waals surface area contributed by atoms with Gasteiger partial charge in [-0.05, 0) is 17.7 Å². The predicted octanol–water partition coefficient (Wildman–Crippen LogP) is 3.58. The number of aromatic nitrogens is 2. The lowest BCUT2D eigenvalue weighted by Crippen LogP contribution is -1.96. The number of hydrogen-bond donors (Lipinski definition) is 1. The number of carbonyl (C=O) groups is 1. The van der Waals surface area contributed by atoms with Gasteiger partial charge in [0, 0.05) is 25.4 Å². The fourth-order valence-electron chi connectivity index (χ4n) is 1.23. The van der Waals surface area contributed by atoms with Crippen molar-refractivity contribution in [3.63, 3.8) is 0 Å². The van der Waals surface area contributed by atoms with E-state index < -0.39 is 5.97 Å². The molecule has 1 aromatic heterocycles. The highest BCUT2D eigenvalue weighted by atomic mass is 19.1. The lowest BCUT2D eigenvalue weighted by Gasteiger charge is -2.01. The summed E-state index contributed by atoms with van der Waals surface area (Å²) in [5.41, 5.74) is 0.943. The quantitative estimate of drug-likeness (QED) is 0.935. The number of hydrogen-bond acceptors (Lipinski definition) is 2. The van der Waals surface area contributed by atoms with E-state index in [0.29, 0.717) is 6.54 Å². The van der Waals surface area contributed by atoms with Crippen molar-refractivity contribution in [3.05, 3.63) is 54.4 Å². The molecule has 2 rings (SSSR count). The molecule has 0 aliphatic carbocycles. The van der Waals surface area contributed by atoms with Crippen LogP contribution in [0, 0.1) is 5.82 Å². The lowest BCUT2D eigenvalue weighted by atomic mass is 10.2. The predicted molar refractivity (Wildman–Crippen MR) is 77.0 cm³/mol. The molecular weight excluding hydrogens is 259 g/mol. The standard InChI is InChI=1S/C10H9FN2.C3H6O2.C2H6/c11-10-3-1-2-9(6-10)7-13-5-4-12-8-13;1-2-3(4)5;1-2/h1-6,8H,7H2;2H2,1H3,(H,4,5);1-2H3. The van der Waals surface area contributed by atoms with Crippen LogP contribution in [-0.2, 0) is 11.3 Å². The number of aliphatic carboxylic acids is 1. The van der Waals surface area contributed by atoms with Gasteiger partial charge >= 0.3 is 5.97 Å². The second-order valence-electron chi connectivity index (χ2n) is 3.61. The molecule has 0 aliphatic rings. The Morgan fingerprint density at radius 2 is 2.05 bits per heavy atom. The van der Waals surface area contributed by atoms with Gasteiger partial charge in [-0.1, -0.05) is 32.9 Å². The molecule has 0 saturated carbocycles. The Hall–Kier alpha value is -2.17. The number of nitrogens with zero attached hydrogens (tertiary/aromatic N) is 2. The zero-order valence-electron chi connectivity index (χ0n) is 12.1. The molecule has 20 heavy (non-hydrogen) atoms. The Kier molecular flexibility index (Phi) is 9.56. The molecule has 0 aliphatic heterocycles. The number of carboxylic acid groups (broad SMARTS) is 1. The van der Waals surface area contributed by atoms with Crippen molar-refractivity contribution in [3.8, 4) is 0 Å². The maximum atomic E-state index is 12.8. The van der Waals surface area contributed by atoms with Crippen LogP contribution < -0.4 is 0 Å². The minimum absolute atomic E-state index is 0.197. The van der Waals surface area contributed by atoms with E-state index in [9.17, 15) is 9.18 Å². The SMILES string of the molecule is CC.CCC(=O)O.Fc1cccc(Cn2ccnc2)c1. The number of rotatable bonds is 3. The van der Waals surface area contributed by atoms with Crippen LogP contribution in [0.5, 0.6) is 0 Å². The largest absolute Gasteiger partial charge is 0.481 e. The van der Waals surface area contributed by atoms with E-state index in [4.69, 9.17) is 5.11 Å². The topological polar surface area (TPSA) is 55.1 Å². The molecule has 1 N–H and O–H groups in total. The third-order valence-electron chi connectivity index (χ3n) is 2.12. The molecule has 5 heteroatoms. The molecule has 0 amide bonds. The van der Waals surface area contributed by atoms with Gasteiger partial charge in [-0.15, -0.1) is 0 Å². The Balaban J connectivity index is 0.000000441. The summed E-state index contributed by atoms with van der Waals surface area (Å²) in [6, 6.07) is 6.57. The Morgan fingerprint density at radius 1 is 1.40 bits per heavy atom. The maximum absolute atomic E-state index is 12.8. The van der Waals surface area contributed by atoms with E-state index in [1.165, 1.54) is 12.1 Å². The molecule has 0 saturated heterocycles. The second kappa shape index (κ2) is 10.7. The molecule has 0 bridgehead atoms. The highest BCUT2D eigenvalue weighted by Gasteiger charge is 1.95. The Morgan fingerprint density at radius 3 is 2.50 bits per heavy atom. The van der Waals surface area contributed by atoms with Gasteiger partial charge in [0.05, 0.1) is 6.33 Å². The molecule has 1 aromatic carbocycles. The first-order chi connectivity index (χ1) is 9.61. The number of carboxylic acids is 1. The van der Waals surface area contributed by atoms with Crippen LogP contribution in [-0.4, -0.2) is 20.6 Å². The molecule has 1 heterocycles. The van der Waals surface area contributed by atoms with Gasteiger partial charge in [-0.25, -0.2) is 9.37 Å². The summed E-state index contributed by atoms with van der Waals surface area (Å²) in [7, 11) is 0. The van der Waals surface area contributed by atoms with Crippen molar-refractivity contribution in [2.24, 2.45) is 0 Å². The van der Waals surface area contributed by atoms with Gasteiger partial charge in [0.15, 0.2) is 0 Å². The Labute approximate surface area is 118 Å². The third-order valence-corrected chi connectivity index (χ3v) is 2.12. The first kappa shape index (κ1) is 17.8. The highest BCUT2D eigenvalue weighted by molar-refractivity contribution is 5.66. The molecule has 0 fully saturated rings. The summed E-state index contributed by atoms with van der Waals surface area (Å²) in [5.74, 6) is -0.942. The van der Waals surface area contributed by atoms with Crippen molar-refractivity contribution >= 4 is 5.97 Å². The summed E-state index contributed by atoms with van der Waals surface area (Å²) < 4.78 is 14.7. The van der Waals surface area contributed by atoms with E-state index in [-0.39, 0.29) is 12.2 Å². The molecule has 4 nitrogen and oxygen atoms in total. The van der Waals surface area contributed by atoms with Crippen LogP contribution in [0.2, 0.25) is 0 Å². The summed E-state index contributed by atoms with van der Waals surface area (Å²) in [6.45, 7) is 6.26. The molecule has 2 aromatic rings. The minimum Gasteiger partial charge on any atom is -0.481 e. The third kappa shape index (κ3) is 8.02. The van der Waals surface area contributed by atoms with Crippen LogP contribution in [0.1, 0.15) is 32.8 Å². The summed E-state index contributed by atoms with van der Waals surface area (Å²) >= 11 is 0. The molecular formula is C15H21FN2O2. The van der Waals surface area contributed by atoms with Gasteiger partial charge < -0.3 is 9.67 Å². The van der Waals surface area contributed by atoms with Crippen molar-refractivity contribution in [2.45, 2.75) is 33.7 Å². The molecule has 0 unspecified atom stereocenters. The highest BCUT2D eigenvalue weighted by Crippen LogP contribution is 2.05. The Bertz CT molecular complexity index is 484. The molecule has 0 spiro atoms. The van der Waals surface area contributed by atoms with Crippen LogP contribution in [0.4, 0.5) is 4.39 Å². The summed E-state index contributed by atoms with van der Waals surface area (Å²) in [5, 5.41) is 7.72. The van der Waals surface area contributed by atoms with Gasteiger partial charge in [0.25, 0.3) is 0 Å². The van der Waals surface area contributed by atoms with Crippen LogP contribution in [0.15, 0.2) is 43.0 Å². The number of benzene rings is 1. The zero-order valence-corrected chi connectivity index (χ0v) is 12.1. The number of halogens is 1. The maximum Gasteiger partial charge on any atom is 0.303 e. The van der Waals surface area contributed by atoms with E-state index in [1.807, 2.05) is 30.7 Å². The monoisotopic (exact) mass is 280 g/mol. The summed E-state index contributed by atoms with van der Waals surface area (Å²) in [4.78, 5) is 13.3. The van der Waals surface area contributed by atoms with Gasteiger partial charge in [-0.3, -0.25) is 4.79 Å². The smallest absolute Gasteiger partial charge is 0.303 e. The number of imidazole rings is 1. The minimum atomic E-state index is -0.745. The van der Waals surface area contributed by atoms with Gasteiger partial charge in [0.2, 0.25) is 0 Å². The first-order valence-electron chi connectivity index (χ1n) is 6.53. The first-order valence-corrected chi connectivity index (χ1v) is 6.53. The van der Waals surface area contributed by atoms with E-state index in [0.717, 1.165) is 5.56 Å². The van der Waals surface area contributed by atoms with Crippen molar-refractivity contribution < 1.29 is 14.3 Å². The normalized spacial score (nSPS) is 8.80. The zero-order chi connectivity index (χ0) is 15.4. The average molecular weight is 280 g/mol. The molecule has 110 valence electrons. The van der Waals surface area contributed by atoms with Crippen LogP contribution >= 0.6 is 0 Å². The van der Waals surface area contributed by atoms with Crippen molar-refractivity contribution in [1.82, 2.24) is 9.55 Å². The van der Waals surface area contributed by atoms with Gasteiger partial charge in [-0.2, -0.15) is 0 Å². The van der Waals surface area contributed by atoms with Gasteiger partial charge in [0.1, 0.15) is 5.82 Å². The van der Waals surface area contributed by atoms with E-state index in [2.05, 4.69) is 4.98 Å². The lowest BCUT2D eigenvalue weighted by molar-refractivity contribution is -0.136. The average Bonchev–Trinajstić information content (AvgIpc) is 2.94. The second-order valence-corrected chi connectivity index (χ2v) is 3.61. The van der Waals surface area contributed by atoms with E-state index in [1.54, 1.807) is 25.5 Å². The van der Waals surface area contributed by atoms with Crippen LogP contribution in [0.3, 0.4) is 0 Å². The fraction of sp³-hybridized carbons (Fsp3) is 0.333. The van der Waals surface area contributed by atoms with E-state index >= 15 is 0 Å². The fourth-order valence-corrected chi connectivity index (χ4v) is 1.23. The van der Waals surface area contributed by atoms with Crippen LogP contribution in [0.25, 0.3) is 0 Å². The molecule has 0 atom stereocenters. The van der Waals surface area contributed by atoms with Crippen molar-refractivity contribution in [1.29, 1.82) is 0 Å².